The molecule has 4 rings (SSSR count). The van der Waals surface area contributed by atoms with Crippen molar-refractivity contribution in [3.63, 3.8) is 0 Å². The quantitative estimate of drug-likeness (QED) is 0.691. The highest BCUT2D eigenvalue weighted by Gasteiger charge is 2.31. The van der Waals surface area contributed by atoms with Crippen molar-refractivity contribution in [3.05, 3.63) is 71.8 Å². The molecule has 0 saturated carbocycles. The molecule has 0 bridgehead atoms. The fraction of sp³-hybridized carbons (Fsp3) is 0.227. The first kappa shape index (κ1) is 19.3. The first-order valence-corrected chi connectivity index (χ1v) is 9.19. The fourth-order valence-electron chi connectivity index (χ4n) is 3.32. The van der Waals surface area contributed by atoms with Gasteiger partial charge in [0.1, 0.15) is 11.5 Å². The van der Waals surface area contributed by atoms with Gasteiger partial charge in [-0.3, -0.25) is 4.79 Å². The van der Waals surface area contributed by atoms with Gasteiger partial charge in [0.05, 0.1) is 5.56 Å². The Morgan fingerprint density at radius 1 is 1.07 bits per heavy atom. The summed E-state index contributed by atoms with van der Waals surface area (Å²) in [7, 11) is 1.88. The SMILES string of the molecule is CNC1CN(C(=O)c2ccc3c(Oc4ccc(C(F)(F)F)cc4)cccc3c2)C1. The van der Waals surface area contributed by atoms with Crippen molar-refractivity contribution in [1.82, 2.24) is 10.2 Å². The number of hydrogen-bond donors (Lipinski definition) is 1. The van der Waals surface area contributed by atoms with Gasteiger partial charge in [-0.2, -0.15) is 13.2 Å². The lowest BCUT2D eigenvalue weighted by Crippen LogP contribution is -2.58. The fourth-order valence-corrected chi connectivity index (χ4v) is 3.32. The molecular weight excluding hydrogens is 381 g/mol. The van der Waals surface area contributed by atoms with Gasteiger partial charge in [0, 0.05) is 30.1 Å². The van der Waals surface area contributed by atoms with E-state index in [0.29, 0.717) is 36.2 Å². The van der Waals surface area contributed by atoms with Crippen molar-refractivity contribution in [2.24, 2.45) is 0 Å². The van der Waals surface area contributed by atoms with Crippen LogP contribution in [-0.2, 0) is 6.18 Å². The van der Waals surface area contributed by atoms with E-state index >= 15 is 0 Å². The van der Waals surface area contributed by atoms with Gasteiger partial charge in [0.25, 0.3) is 5.91 Å². The van der Waals surface area contributed by atoms with Gasteiger partial charge in [0.2, 0.25) is 0 Å². The van der Waals surface area contributed by atoms with Crippen LogP contribution < -0.4 is 10.1 Å². The lowest BCUT2D eigenvalue weighted by atomic mass is 10.0. The van der Waals surface area contributed by atoms with Crippen LogP contribution in [0.1, 0.15) is 15.9 Å². The Bertz CT molecular complexity index is 1040. The maximum absolute atomic E-state index is 12.7. The normalized spacial score (nSPS) is 14.7. The molecule has 150 valence electrons. The summed E-state index contributed by atoms with van der Waals surface area (Å²) in [5.41, 5.74) is -0.129. The monoisotopic (exact) mass is 400 g/mol. The van der Waals surface area contributed by atoms with Crippen molar-refractivity contribution in [3.8, 4) is 11.5 Å². The maximum atomic E-state index is 12.7. The Hall–Kier alpha value is -3.06. The molecule has 29 heavy (non-hydrogen) atoms. The lowest BCUT2D eigenvalue weighted by molar-refractivity contribution is -0.137. The molecule has 0 spiro atoms. The standard InChI is InChI=1S/C22H19F3N2O2/c1-26-17-12-27(13-17)21(28)15-5-10-19-14(11-15)3-2-4-20(19)29-18-8-6-16(7-9-18)22(23,24)25/h2-11,17,26H,12-13H2,1H3. The van der Waals surface area contributed by atoms with Crippen molar-refractivity contribution in [1.29, 1.82) is 0 Å². The van der Waals surface area contributed by atoms with Crippen LogP contribution in [0.25, 0.3) is 10.8 Å². The van der Waals surface area contributed by atoms with E-state index in [1.807, 2.05) is 19.2 Å². The number of ether oxygens (including phenoxy) is 1. The molecule has 1 N–H and O–H groups in total. The largest absolute Gasteiger partial charge is 0.457 e. The summed E-state index contributed by atoms with van der Waals surface area (Å²) in [5.74, 6) is 0.803. The van der Waals surface area contributed by atoms with E-state index in [-0.39, 0.29) is 5.91 Å². The molecule has 1 heterocycles. The minimum absolute atomic E-state index is 0.0209. The zero-order chi connectivity index (χ0) is 20.6. The van der Waals surface area contributed by atoms with Crippen molar-refractivity contribution >= 4 is 16.7 Å². The van der Waals surface area contributed by atoms with Crippen molar-refractivity contribution < 1.29 is 22.7 Å². The topological polar surface area (TPSA) is 41.6 Å². The molecule has 4 nitrogen and oxygen atoms in total. The number of likely N-dealkylation sites (N-methyl/N-ethyl adjacent to an activating group) is 1. The summed E-state index contributed by atoms with van der Waals surface area (Å²) in [6, 6.07) is 15.7. The lowest BCUT2D eigenvalue weighted by Gasteiger charge is -2.39. The van der Waals surface area contributed by atoms with E-state index in [1.54, 1.807) is 29.2 Å². The first-order valence-electron chi connectivity index (χ1n) is 9.19. The molecule has 1 saturated heterocycles. The highest BCUT2D eigenvalue weighted by Crippen LogP contribution is 2.34. The number of hydrogen-bond acceptors (Lipinski definition) is 3. The molecule has 1 fully saturated rings. The predicted octanol–water partition coefficient (Wildman–Crippen LogP) is 4.69. The minimum Gasteiger partial charge on any atom is -0.457 e. The van der Waals surface area contributed by atoms with Gasteiger partial charge >= 0.3 is 6.18 Å². The Morgan fingerprint density at radius 3 is 2.45 bits per heavy atom. The third-order valence-corrected chi connectivity index (χ3v) is 5.07. The Morgan fingerprint density at radius 2 is 1.79 bits per heavy atom. The van der Waals surface area contributed by atoms with Crippen LogP contribution in [0.3, 0.4) is 0 Å². The number of nitrogens with one attached hydrogen (secondary N) is 1. The van der Waals surface area contributed by atoms with Crippen molar-refractivity contribution in [2.75, 3.05) is 20.1 Å². The summed E-state index contributed by atoms with van der Waals surface area (Å²) in [5, 5.41) is 4.74. The van der Waals surface area contributed by atoms with Gasteiger partial charge in [0.15, 0.2) is 0 Å². The average molecular weight is 400 g/mol. The molecule has 7 heteroatoms. The van der Waals surface area contributed by atoms with Gasteiger partial charge in [-0.1, -0.05) is 12.1 Å². The first-order chi connectivity index (χ1) is 13.8. The zero-order valence-electron chi connectivity index (χ0n) is 15.7. The number of halogens is 3. The van der Waals surface area contributed by atoms with E-state index in [1.165, 1.54) is 12.1 Å². The smallest absolute Gasteiger partial charge is 0.416 e. The number of alkyl halides is 3. The second-order valence-corrected chi connectivity index (χ2v) is 7.01. The van der Waals surface area contributed by atoms with E-state index in [4.69, 9.17) is 4.74 Å². The molecule has 1 aliphatic rings. The molecule has 1 aliphatic heterocycles. The number of amides is 1. The predicted molar refractivity (Wildman–Crippen MR) is 104 cm³/mol. The minimum atomic E-state index is -4.38. The average Bonchev–Trinajstić information content (AvgIpc) is 2.66. The van der Waals surface area contributed by atoms with Gasteiger partial charge in [-0.05, 0) is 61.0 Å². The van der Waals surface area contributed by atoms with E-state index < -0.39 is 11.7 Å². The molecular formula is C22H19F3N2O2. The van der Waals surface area contributed by atoms with E-state index in [9.17, 15) is 18.0 Å². The molecule has 3 aromatic carbocycles. The van der Waals surface area contributed by atoms with Crippen LogP contribution in [0.4, 0.5) is 13.2 Å². The van der Waals surface area contributed by atoms with Crippen LogP contribution in [0, 0.1) is 0 Å². The number of benzene rings is 3. The Kier molecular flexibility index (Phi) is 4.92. The summed E-state index contributed by atoms with van der Waals surface area (Å²) < 4.78 is 43.9. The van der Waals surface area contributed by atoms with Gasteiger partial charge in [-0.15, -0.1) is 0 Å². The Labute approximate surface area is 165 Å². The number of rotatable bonds is 4. The number of likely N-dealkylation sites (tertiary alicyclic amines) is 1. The molecule has 0 unspecified atom stereocenters. The molecule has 0 atom stereocenters. The van der Waals surface area contributed by atoms with Gasteiger partial charge < -0.3 is 15.0 Å². The van der Waals surface area contributed by atoms with E-state index in [0.717, 1.165) is 22.9 Å². The Balaban J connectivity index is 1.56. The summed E-state index contributed by atoms with van der Waals surface area (Å²) in [6.45, 7) is 1.37. The van der Waals surface area contributed by atoms with Crippen LogP contribution in [0.15, 0.2) is 60.7 Å². The summed E-state index contributed by atoms with van der Waals surface area (Å²) in [4.78, 5) is 14.4. The number of carbonyl (C=O) groups excluding carboxylic acids is 1. The summed E-state index contributed by atoms with van der Waals surface area (Å²) >= 11 is 0. The number of nitrogens with zero attached hydrogens (tertiary/aromatic N) is 1. The second-order valence-electron chi connectivity index (χ2n) is 7.01. The molecule has 1 amide bonds. The molecule has 0 aliphatic carbocycles. The van der Waals surface area contributed by atoms with Crippen LogP contribution in [0.5, 0.6) is 11.5 Å². The third-order valence-electron chi connectivity index (χ3n) is 5.07. The number of carbonyl (C=O) groups is 1. The van der Waals surface area contributed by atoms with Crippen LogP contribution in [0.2, 0.25) is 0 Å². The highest BCUT2D eigenvalue weighted by molar-refractivity contribution is 6.00. The molecule has 0 radical (unpaired) electrons. The van der Waals surface area contributed by atoms with Crippen molar-refractivity contribution in [2.45, 2.75) is 12.2 Å². The van der Waals surface area contributed by atoms with E-state index in [2.05, 4.69) is 5.32 Å². The van der Waals surface area contributed by atoms with Crippen LogP contribution >= 0.6 is 0 Å². The molecule has 3 aromatic rings. The molecule has 0 aromatic heterocycles. The maximum Gasteiger partial charge on any atom is 0.416 e. The van der Waals surface area contributed by atoms with Gasteiger partial charge in [-0.25, -0.2) is 0 Å². The third kappa shape index (κ3) is 3.91. The number of fused-ring (bicyclic) bond motifs is 1. The van der Waals surface area contributed by atoms with Crippen LogP contribution in [-0.4, -0.2) is 37.0 Å². The zero-order valence-corrected chi connectivity index (χ0v) is 15.7. The summed E-state index contributed by atoms with van der Waals surface area (Å²) in [6.07, 6.45) is -4.38. The second kappa shape index (κ2) is 7.40. The highest BCUT2D eigenvalue weighted by atomic mass is 19.4.